The number of fused-ring (bicyclic) bond motifs is 1. The third kappa shape index (κ3) is 3.84. The summed E-state index contributed by atoms with van der Waals surface area (Å²) in [6, 6.07) is 13.3. The first-order valence-corrected chi connectivity index (χ1v) is 11.8. The van der Waals surface area contributed by atoms with Crippen molar-refractivity contribution in [1.29, 1.82) is 0 Å². The highest BCUT2D eigenvalue weighted by molar-refractivity contribution is 7.92. The maximum Gasteiger partial charge on any atom is 0.323 e. The Morgan fingerprint density at radius 1 is 1.23 bits per heavy atom. The van der Waals surface area contributed by atoms with Crippen LogP contribution in [0.4, 0.5) is 4.39 Å². The molecule has 0 fully saturated rings. The molecule has 0 aliphatic heterocycles. The molecule has 0 spiro atoms. The van der Waals surface area contributed by atoms with E-state index in [-0.39, 0.29) is 10.0 Å². The van der Waals surface area contributed by atoms with Crippen LogP contribution >= 0.6 is 23.1 Å². The zero-order chi connectivity index (χ0) is 22.3. The minimum Gasteiger partial charge on any atom is -0.480 e. The number of halogens is 2. The van der Waals surface area contributed by atoms with E-state index < -0.39 is 33.4 Å². The summed E-state index contributed by atoms with van der Waals surface area (Å²) in [5.41, 5.74) is 1.15. The van der Waals surface area contributed by atoms with Crippen LogP contribution in [0.2, 0.25) is 5.15 Å². The molecule has 160 valence electrons. The molecule has 0 aliphatic carbocycles. The Morgan fingerprint density at radius 3 is 2.55 bits per heavy atom. The van der Waals surface area contributed by atoms with Crippen LogP contribution in [0.3, 0.4) is 0 Å². The topological polar surface area (TPSA) is 89.3 Å². The van der Waals surface area contributed by atoms with Crippen LogP contribution in [0, 0.1) is 12.7 Å². The van der Waals surface area contributed by atoms with Crippen LogP contribution in [0.1, 0.15) is 21.4 Å². The van der Waals surface area contributed by atoms with Crippen molar-refractivity contribution < 1.29 is 22.7 Å². The maximum atomic E-state index is 14.2. The lowest BCUT2D eigenvalue weighted by atomic mass is 10.1. The number of sulfone groups is 1. The molecule has 4 rings (SSSR count). The van der Waals surface area contributed by atoms with E-state index in [1.54, 1.807) is 25.1 Å². The van der Waals surface area contributed by atoms with Gasteiger partial charge in [0.1, 0.15) is 22.8 Å². The normalized spacial score (nSPS) is 12.9. The summed E-state index contributed by atoms with van der Waals surface area (Å²) in [6.07, 6.45) is 0. The molecular weight excluding hydrogens is 463 g/mol. The minimum atomic E-state index is -4.01. The summed E-state index contributed by atoms with van der Waals surface area (Å²) in [5, 5.41) is 8.61. The molecule has 0 saturated heterocycles. The Morgan fingerprint density at radius 2 is 1.94 bits per heavy atom. The van der Waals surface area contributed by atoms with E-state index in [1.807, 2.05) is 0 Å². The Kier molecular flexibility index (Phi) is 5.59. The van der Waals surface area contributed by atoms with Gasteiger partial charge in [0, 0.05) is 27.0 Å². The fraction of sp³-hybridized carbons (Fsp3) is 0.143. The first kappa shape index (κ1) is 21.5. The van der Waals surface area contributed by atoms with E-state index in [9.17, 15) is 22.7 Å². The second-order valence-electron chi connectivity index (χ2n) is 6.93. The molecule has 1 unspecified atom stereocenters. The molecule has 0 bridgehead atoms. The smallest absolute Gasteiger partial charge is 0.323 e. The van der Waals surface area contributed by atoms with Gasteiger partial charge in [-0.25, -0.2) is 12.8 Å². The number of rotatable bonds is 6. The van der Waals surface area contributed by atoms with E-state index in [0.29, 0.717) is 27.0 Å². The molecule has 4 aromatic rings. The van der Waals surface area contributed by atoms with Gasteiger partial charge in [0.2, 0.25) is 0 Å². The molecule has 2 aromatic carbocycles. The van der Waals surface area contributed by atoms with E-state index >= 15 is 0 Å². The molecule has 0 radical (unpaired) electrons. The largest absolute Gasteiger partial charge is 0.480 e. The molecule has 31 heavy (non-hydrogen) atoms. The van der Waals surface area contributed by atoms with Gasteiger partial charge < -0.3 is 9.67 Å². The molecule has 1 atom stereocenters. The van der Waals surface area contributed by atoms with Crippen molar-refractivity contribution in [1.82, 2.24) is 8.94 Å². The standard InChI is InChI=1S/C21H16ClFN2O4S2/c1-12-20(15-9-13(23)7-8-16(15)25(12)11-19(26)27)21(17-10-18(22)24-30-17)31(28,29)14-5-3-2-4-6-14/h2-10,21H,11H2,1H3,(H,26,27). The zero-order valence-electron chi connectivity index (χ0n) is 16.1. The molecule has 0 amide bonds. The Bertz CT molecular complexity index is 1400. The fourth-order valence-electron chi connectivity index (χ4n) is 3.74. The van der Waals surface area contributed by atoms with E-state index in [1.165, 1.54) is 41.0 Å². The van der Waals surface area contributed by atoms with E-state index in [2.05, 4.69) is 4.37 Å². The Balaban J connectivity index is 2.08. The minimum absolute atomic E-state index is 0.0828. The quantitative estimate of drug-likeness (QED) is 0.428. The number of carboxylic acids is 1. The number of aromatic nitrogens is 2. The molecular formula is C21H16ClFN2O4S2. The van der Waals surface area contributed by atoms with E-state index in [4.69, 9.17) is 11.6 Å². The first-order valence-electron chi connectivity index (χ1n) is 9.11. The van der Waals surface area contributed by atoms with Crippen molar-refractivity contribution in [2.75, 3.05) is 0 Å². The Hall–Kier alpha value is -2.75. The highest BCUT2D eigenvalue weighted by Crippen LogP contribution is 2.43. The molecule has 0 aliphatic rings. The van der Waals surface area contributed by atoms with Gasteiger partial charge in [-0.3, -0.25) is 4.79 Å². The number of nitrogens with zero attached hydrogens (tertiary/aromatic N) is 2. The van der Waals surface area contributed by atoms with Crippen molar-refractivity contribution >= 4 is 49.8 Å². The lowest BCUT2D eigenvalue weighted by molar-refractivity contribution is -0.137. The summed E-state index contributed by atoms with van der Waals surface area (Å²) < 4.78 is 47.2. The number of carboxylic acid groups (broad SMARTS) is 1. The first-order chi connectivity index (χ1) is 14.7. The molecule has 10 heteroatoms. The van der Waals surface area contributed by atoms with Gasteiger partial charge in [0.25, 0.3) is 0 Å². The number of aliphatic carboxylic acids is 1. The van der Waals surface area contributed by atoms with Crippen molar-refractivity contribution in [2.45, 2.75) is 23.6 Å². The monoisotopic (exact) mass is 478 g/mol. The van der Waals surface area contributed by atoms with Gasteiger partial charge in [0.15, 0.2) is 9.84 Å². The van der Waals surface area contributed by atoms with Crippen molar-refractivity contribution in [3.63, 3.8) is 0 Å². The summed E-state index contributed by atoms with van der Waals surface area (Å²) in [6.45, 7) is 1.24. The Labute approximate surface area is 186 Å². The molecule has 6 nitrogen and oxygen atoms in total. The van der Waals surface area contributed by atoms with Crippen molar-refractivity contribution in [2.24, 2.45) is 0 Å². The second kappa shape index (κ2) is 8.07. The van der Waals surface area contributed by atoms with Crippen molar-refractivity contribution in [3.8, 4) is 0 Å². The highest BCUT2D eigenvalue weighted by atomic mass is 35.5. The number of benzene rings is 2. The summed E-state index contributed by atoms with van der Waals surface area (Å²) in [5.74, 6) is -1.65. The summed E-state index contributed by atoms with van der Waals surface area (Å²) in [7, 11) is -4.01. The summed E-state index contributed by atoms with van der Waals surface area (Å²) >= 11 is 6.95. The highest BCUT2D eigenvalue weighted by Gasteiger charge is 2.37. The van der Waals surface area contributed by atoms with Gasteiger partial charge in [-0.15, -0.1) is 0 Å². The molecule has 0 saturated carbocycles. The summed E-state index contributed by atoms with van der Waals surface area (Å²) in [4.78, 5) is 11.9. The number of hydrogen-bond acceptors (Lipinski definition) is 5. The molecule has 1 N–H and O–H groups in total. The van der Waals surface area contributed by atoms with Crippen LogP contribution in [-0.2, 0) is 21.2 Å². The number of hydrogen-bond donors (Lipinski definition) is 1. The van der Waals surface area contributed by atoms with Crippen LogP contribution in [0.25, 0.3) is 10.9 Å². The fourth-order valence-corrected chi connectivity index (χ4v) is 6.95. The van der Waals surface area contributed by atoms with Crippen LogP contribution in [0.5, 0.6) is 0 Å². The maximum absolute atomic E-state index is 14.2. The molecule has 2 aromatic heterocycles. The predicted molar refractivity (Wildman–Crippen MR) is 117 cm³/mol. The molecule has 2 heterocycles. The average Bonchev–Trinajstić information content (AvgIpc) is 3.25. The third-order valence-electron chi connectivity index (χ3n) is 5.03. The van der Waals surface area contributed by atoms with Crippen molar-refractivity contribution in [3.05, 3.63) is 81.7 Å². The lowest BCUT2D eigenvalue weighted by Crippen LogP contribution is -2.16. The van der Waals surface area contributed by atoms with Gasteiger partial charge in [-0.1, -0.05) is 29.8 Å². The van der Waals surface area contributed by atoms with Gasteiger partial charge >= 0.3 is 5.97 Å². The lowest BCUT2D eigenvalue weighted by Gasteiger charge is -2.18. The van der Waals surface area contributed by atoms with Gasteiger partial charge in [-0.2, -0.15) is 4.37 Å². The number of carbonyl (C=O) groups is 1. The zero-order valence-corrected chi connectivity index (χ0v) is 18.5. The van der Waals surface area contributed by atoms with E-state index in [0.717, 1.165) is 11.5 Å². The van der Waals surface area contributed by atoms with Gasteiger partial charge in [0.05, 0.1) is 4.90 Å². The second-order valence-corrected chi connectivity index (χ2v) is 10.2. The SMILES string of the molecule is Cc1c(C(c2cc(Cl)ns2)S(=O)(=O)c2ccccc2)c2cc(F)ccc2n1CC(=O)O. The predicted octanol–water partition coefficient (Wildman–Crippen LogP) is 4.85. The average molecular weight is 479 g/mol. The third-order valence-corrected chi connectivity index (χ3v) is 8.36. The van der Waals surface area contributed by atoms with Crippen LogP contribution in [-0.4, -0.2) is 28.4 Å². The van der Waals surface area contributed by atoms with Gasteiger partial charge in [-0.05, 0) is 54.9 Å². The van der Waals surface area contributed by atoms with Crippen LogP contribution in [0.15, 0.2) is 59.5 Å². The van der Waals surface area contributed by atoms with Crippen LogP contribution < -0.4 is 0 Å².